The van der Waals surface area contributed by atoms with Crippen molar-refractivity contribution >= 4 is 37.7 Å². The molecule has 0 radical (unpaired) electrons. The summed E-state index contributed by atoms with van der Waals surface area (Å²) in [7, 11) is 1.63. The highest BCUT2D eigenvalue weighted by molar-refractivity contribution is 9.11. The Bertz CT molecular complexity index is 645. The molecule has 0 aliphatic carbocycles. The van der Waals surface area contributed by atoms with Crippen LogP contribution in [0.1, 0.15) is 25.5 Å². The number of nitrogens with two attached hydrogens (primary N) is 1. The van der Waals surface area contributed by atoms with Crippen LogP contribution in [0.2, 0.25) is 0 Å². The first-order valence-corrected chi connectivity index (χ1v) is 7.69. The highest BCUT2D eigenvalue weighted by Crippen LogP contribution is 2.32. The number of aromatic nitrogens is 2. The van der Waals surface area contributed by atoms with Gasteiger partial charge in [-0.25, -0.2) is 9.97 Å². The van der Waals surface area contributed by atoms with E-state index in [0.717, 1.165) is 26.0 Å². The van der Waals surface area contributed by atoms with Gasteiger partial charge in [-0.2, -0.15) is 0 Å². The quantitative estimate of drug-likeness (QED) is 0.830. The molecular weight excluding hydrogens is 386 g/mol. The second-order valence-corrected chi connectivity index (χ2v) is 6.28. The largest absolute Gasteiger partial charge is 0.496 e. The minimum Gasteiger partial charge on any atom is -0.496 e. The Kier molecular flexibility index (Phi) is 4.65. The maximum absolute atomic E-state index is 5.96. The van der Waals surface area contributed by atoms with E-state index < -0.39 is 0 Å². The average molecular weight is 401 g/mol. The molecule has 6 heteroatoms. The van der Waals surface area contributed by atoms with E-state index in [2.05, 4.69) is 55.7 Å². The van der Waals surface area contributed by atoms with E-state index in [1.807, 2.05) is 18.2 Å². The molecule has 1 aromatic heterocycles. The van der Waals surface area contributed by atoms with Gasteiger partial charge in [0.25, 0.3) is 0 Å². The molecule has 1 aromatic carbocycles. The third-order valence-corrected chi connectivity index (χ3v) is 4.29. The Morgan fingerprint density at radius 3 is 2.45 bits per heavy atom. The van der Waals surface area contributed by atoms with E-state index in [1.54, 1.807) is 7.11 Å². The Labute approximate surface area is 135 Å². The van der Waals surface area contributed by atoms with Gasteiger partial charge in [0.05, 0.1) is 21.7 Å². The first kappa shape index (κ1) is 15.3. The van der Waals surface area contributed by atoms with E-state index in [9.17, 15) is 0 Å². The number of benzene rings is 1. The molecule has 0 atom stereocenters. The number of nitrogen functional groups attached to an aromatic ring is 1. The summed E-state index contributed by atoms with van der Waals surface area (Å²) in [6.07, 6.45) is 0. The van der Waals surface area contributed by atoms with Crippen LogP contribution >= 0.6 is 31.9 Å². The van der Waals surface area contributed by atoms with Gasteiger partial charge in [0.1, 0.15) is 11.6 Å². The Morgan fingerprint density at radius 2 is 1.90 bits per heavy atom. The van der Waals surface area contributed by atoms with Crippen LogP contribution in [0.3, 0.4) is 0 Å². The molecule has 0 fully saturated rings. The molecule has 0 aliphatic heterocycles. The van der Waals surface area contributed by atoms with Gasteiger partial charge in [0.2, 0.25) is 0 Å². The summed E-state index contributed by atoms with van der Waals surface area (Å²) in [6.45, 7) is 4.14. The monoisotopic (exact) mass is 399 g/mol. The molecule has 2 N–H and O–H groups in total. The number of halogens is 2. The third-order valence-electron chi connectivity index (χ3n) is 2.86. The summed E-state index contributed by atoms with van der Waals surface area (Å²) in [4.78, 5) is 8.94. The number of hydrogen-bond acceptors (Lipinski definition) is 4. The number of ether oxygens (including phenoxy) is 1. The molecule has 2 rings (SSSR count). The fourth-order valence-electron chi connectivity index (χ4n) is 1.80. The molecular formula is C14H15Br2N3O. The Hall–Kier alpha value is -1.14. The summed E-state index contributed by atoms with van der Waals surface area (Å²) < 4.78 is 6.84. The SMILES string of the molecule is COc1ccc(-c2nc(N)c(Br)c(C(C)C)n2)cc1Br. The molecule has 4 nitrogen and oxygen atoms in total. The van der Waals surface area contributed by atoms with Gasteiger partial charge < -0.3 is 10.5 Å². The van der Waals surface area contributed by atoms with Crippen molar-refractivity contribution in [2.75, 3.05) is 12.8 Å². The first-order valence-electron chi connectivity index (χ1n) is 6.10. The number of methoxy groups -OCH3 is 1. The van der Waals surface area contributed by atoms with Crippen LogP contribution in [0.4, 0.5) is 5.82 Å². The van der Waals surface area contributed by atoms with Gasteiger partial charge in [0.15, 0.2) is 5.82 Å². The Morgan fingerprint density at radius 1 is 1.20 bits per heavy atom. The zero-order valence-electron chi connectivity index (χ0n) is 11.4. The zero-order chi connectivity index (χ0) is 14.9. The first-order chi connectivity index (χ1) is 9.43. The van der Waals surface area contributed by atoms with Crippen LogP contribution in [0.15, 0.2) is 27.1 Å². The van der Waals surface area contributed by atoms with E-state index >= 15 is 0 Å². The molecule has 0 unspecified atom stereocenters. The van der Waals surface area contributed by atoms with Crippen molar-refractivity contribution in [2.24, 2.45) is 0 Å². The second kappa shape index (κ2) is 6.10. The van der Waals surface area contributed by atoms with E-state index in [-0.39, 0.29) is 5.92 Å². The molecule has 0 bridgehead atoms. The minimum atomic E-state index is 0.259. The molecule has 0 amide bonds. The average Bonchev–Trinajstić information content (AvgIpc) is 2.41. The highest BCUT2D eigenvalue weighted by atomic mass is 79.9. The highest BCUT2D eigenvalue weighted by Gasteiger charge is 2.15. The maximum Gasteiger partial charge on any atom is 0.161 e. The minimum absolute atomic E-state index is 0.259. The summed E-state index contributed by atoms with van der Waals surface area (Å²) in [5, 5.41) is 0. The van der Waals surface area contributed by atoms with E-state index in [1.165, 1.54) is 0 Å². The summed E-state index contributed by atoms with van der Waals surface area (Å²) in [5.41, 5.74) is 7.75. The summed E-state index contributed by atoms with van der Waals surface area (Å²) >= 11 is 6.91. The molecule has 2 aromatic rings. The van der Waals surface area contributed by atoms with Crippen LogP contribution in [-0.4, -0.2) is 17.1 Å². The normalized spacial score (nSPS) is 10.9. The van der Waals surface area contributed by atoms with Crippen molar-refractivity contribution in [2.45, 2.75) is 19.8 Å². The zero-order valence-corrected chi connectivity index (χ0v) is 14.6. The lowest BCUT2D eigenvalue weighted by Gasteiger charge is -2.12. The number of anilines is 1. The van der Waals surface area contributed by atoms with Gasteiger partial charge in [0, 0.05) is 5.56 Å². The molecule has 0 aliphatic rings. The van der Waals surface area contributed by atoms with E-state index in [4.69, 9.17) is 10.5 Å². The number of hydrogen-bond donors (Lipinski definition) is 1. The van der Waals surface area contributed by atoms with Gasteiger partial charge in [-0.1, -0.05) is 13.8 Å². The predicted molar refractivity (Wildman–Crippen MR) is 87.9 cm³/mol. The molecule has 20 heavy (non-hydrogen) atoms. The molecule has 106 valence electrons. The lowest BCUT2D eigenvalue weighted by atomic mass is 10.1. The molecule has 0 saturated carbocycles. The number of rotatable bonds is 3. The van der Waals surface area contributed by atoms with Crippen LogP contribution in [0, 0.1) is 0 Å². The van der Waals surface area contributed by atoms with Crippen molar-refractivity contribution in [3.8, 4) is 17.1 Å². The molecule has 0 saturated heterocycles. The maximum atomic E-state index is 5.96. The summed E-state index contributed by atoms with van der Waals surface area (Å²) in [5.74, 6) is 2.08. The molecule has 0 spiro atoms. The van der Waals surface area contributed by atoms with Gasteiger partial charge in [-0.15, -0.1) is 0 Å². The van der Waals surface area contributed by atoms with E-state index in [0.29, 0.717) is 11.6 Å². The Balaban J connectivity index is 2.55. The lowest BCUT2D eigenvalue weighted by Crippen LogP contribution is -2.04. The van der Waals surface area contributed by atoms with Crippen molar-refractivity contribution < 1.29 is 4.74 Å². The van der Waals surface area contributed by atoms with Crippen LogP contribution in [-0.2, 0) is 0 Å². The lowest BCUT2D eigenvalue weighted by molar-refractivity contribution is 0.412. The number of nitrogens with zero attached hydrogens (tertiary/aromatic N) is 2. The van der Waals surface area contributed by atoms with Crippen molar-refractivity contribution in [3.63, 3.8) is 0 Å². The van der Waals surface area contributed by atoms with Gasteiger partial charge >= 0.3 is 0 Å². The topological polar surface area (TPSA) is 61.0 Å². The fraction of sp³-hybridized carbons (Fsp3) is 0.286. The smallest absolute Gasteiger partial charge is 0.161 e. The molecule has 1 heterocycles. The van der Waals surface area contributed by atoms with Crippen molar-refractivity contribution in [1.82, 2.24) is 9.97 Å². The van der Waals surface area contributed by atoms with Gasteiger partial charge in [-0.3, -0.25) is 0 Å². The van der Waals surface area contributed by atoms with Gasteiger partial charge in [-0.05, 0) is 56.0 Å². The van der Waals surface area contributed by atoms with Crippen LogP contribution in [0.5, 0.6) is 5.75 Å². The predicted octanol–water partition coefficient (Wildman–Crippen LogP) is 4.38. The third kappa shape index (κ3) is 2.96. The standard InChI is InChI=1S/C14H15Br2N3O/c1-7(2)12-11(16)13(17)19-14(18-12)8-4-5-10(20-3)9(15)6-8/h4-7H,1-3H3,(H2,17,18,19). The van der Waals surface area contributed by atoms with Crippen LogP contribution < -0.4 is 10.5 Å². The van der Waals surface area contributed by atoms with Crippen molar-refractivity contribution in [1.29, 1.82) is 0 Å². The summed E-state index contributed by atoms with van der Waals surface area (Å²) in [6, 6.07) is 5.71. The van der Waals surface area contributed by atoms with Crippen molar-refractivity contribution in [3.05, 3.63) is 32.8 Å². The second-order valence-electron chi connectivity index (χ2n) is 4.64. The van der Waals surface area contributed by atoms with Crippen LogP contribution in [0.25, 0.3) is 11.4 Å². The fourth-order valence-corrected chi connectivity index (χ4v) is 2.98.